The van der Waals surface area contributed by atoms with Crippen LogP contribution in [0.4, 0.5) is 0 Å². The molecule has 1 aliphatic carbocycles. The zero-order valence-corrected chi connectivity index (χ0v) is 12.8. The first kappa shape index (κ1) is 14.0. The van der Waals surface area contributed by atoms with Crippen molar-refractivity contribution in [3.05, 3.63) is 21.4 Å². The lowest BCUT2D eigenvalue weighted by molar-refractivity contribution is 0.111. The van der Waals surface area contributed by atoms with Gasteiger partial charge in [-0.05, 0) is 58.1 Å². The first-order chi connectivity index (χ1) is 8.44. The van der Waals surface area contributed by atoms with Crippen molar-refractivity contribution in [2.45, 2.75) is 59.2 Å². The van der Waals surface area contributed by atoms with E-state index in [0.717, 1.165) is 25.7 Å². The number of rotatable bonds is 6. The first-order valence-electron chi connectivity index (χ1n) is 6.85. The van der Waals surface area contributed by atoms with Crippen LogP contribution in [0.15, 0.2) is 6.07 Å². The van der Waals surface area contributed by atoms with Crippen molar-refractivity contribution in [1.29, 1.82) is 0 Å². The summed E-state index contributed by atoms with van der Waals surface area (Å²) in [5, 5.41) is 3.53. The van der Waals surface area contributed by atoms with Crippen molar-refractivity contribution in [3.8, 4) is 0 Å². The van der Waals surface area contributed by atoms with Crippen LogP contribution in [0, 0.1) is 12.8 Å². The van der Waals surface area contributed by atoms with Crippen LogP contribution in [0.2, 0.25) is 0 Å². The molecule has 102 valence electrons. The maximum atomic E-state index is 5.77. The van der Waals surface area contributed by atoms with Gasteiger partial charge in [0.2, 0.25) is 0 Å². The minimum atomic E-state index is 0.181. The monoisotopic (exact) mass is 267 g/mol. The van der Waals surface area contributed by atoms with Gasteiger partial charge >= 0.3 is 0 Å². The van der Waals surface area contributed by atoms with Crippen LogP contribution in [0.5, 0.6) is 0 Å². The molecule has 0 atom stereocenters. The lowest BCUT2D eigenvalue weighted by Gasteiger charge is -2.19. The molecule has 0 amide bonds. The van der Waals surface area contributed by atoms with Crippen LogP contribution in [-0.4, -0.2) is 12.1 Å². The molecule has 1 aromatic heterocycles. The van der Waals surface area contributed by atoms with Gasteiger partial charge in [0, 0.05) is 28.4 Å². The van der Waals surface area contributed by atoms with Gasteiger partial charge in [-0.3, -0.25) is 0 Å². The predicted octanol–water partition coefficient (Wildman–Crippen LogP) is 3.87. The summed E-state index contributed by atoms with van der Waals surface area (Å²) in [6.45, 7) is 11.5. The van der Waals surface area contributed by atoms with Crippen molar-refractivity contribution >= 4 is 11.3 Å². The summed E-state index contributed by atoms with van der Waals surface area (Å²) in [6, 6.07) is 2.30. The van der Waals surface area contributed by atoms with Gasteiger partial charge in [0.15, 0.2) is 0 Å². The Balaban J connectivity index is 1.81. The van der Waals surface area contributed by atoms with E-state index in [2.05, 4.69) is 39.1 Å². The SMILES string of the molecule is Cc1sc(CNC(C)(C)C)cc1COCC1CC1. The van der Waals surface area contributed by atoms with Crippen LogP contribution in [-0.2, 0) is 17.9 Å². The van der Waals surface area contributed by atoms with Crippen molar-refractivity contribution < 1.29 is 4.74 Å². The van der Waals surface area contributed by atoms with Crippen LogP contribution in [0.1, 0.15) is 48.9 Å². The molecule has 18 heavy (non-hydrogen) atoms. The molecule has 0 spiro atoms. The molecule has 0 saturated heterocycles. The molecule has 0 aromatic carbocycles. The van der Waals surface area contributed by atoms with E-state index >= 15 is 0 Å². The molecule has 1 aliphatic rings. The molecule has 3 heteroatoms. The minimum absolute atomic E-state index is 0.181. The van der Waals surface area contributed by atoms with E-state index in [-0.39, 0.29) is 5.54 Å². The average Bonchev–Trinajstić information content (AvgIpc) is 3.00. The summed E-state index contributed by atoms with van der Waals surface area (Å²) in [5.41, 5.74) is 1.55. The van der Waals surface area contributed by atoms with Gasteiger partial charge in [0.25, 0.3) is 0 Å². The van der Waals surface area contributed by atoms with E-state index in [0.29, 0.717) is 0 Å². The van der Waals surface area contributed by atoms with Crippen molar-refractivity contribution in [3.63, 3.8) is 0 Å². The van der Waals surface area contributed by atoms with Gasteiger partial charge in [-0.1, -0.05) is 0 Å². The van der Waals surface area contributed by atoms with Gasteiger partial charge in [-0.25, -0.2) is 0 Å². The number of thiophene rings is 1. The summed E-state index contributed by atoms with van der Waals surface area (Å²) in [4.78, 5) is 2.81. The summed E-state index contributed by atoms with van der Waals surface area (Å²) < 4.78 is 5.77. The van der Waals surface area contributed by atoms with E-state index in [4.69, 9.17) is 4.74 Å². The summed E-state index contributed by atoms with van der Waals surface area (Å²) in [5.74, 6) is 0.853. The average molecular weight is 267 g/mol. The third kappa shape index (κ3) is 4.71. The Labute approximate surface area is 115 Å². The molecule has 1 aromatic rings. The van der Waals surface area contributed by atoms with Crippen LogP contribution < -0.4 is 5.32 Å². The molecular formula is C15H25NOS. The predicted molar refractivity (Wildman–Crippen MR) is 78.0 cm³/mol. The summed E-state index contributed by atoms with van der Waals surface area (Å²) in [6.07, 6.45) is 2.73. The maximum Gasteiger partial charge on any atom is 0.0727 e. The standard InChI is InChI=1S/C15H25NOS/c1-11-13(10-17-9-12-5-6-12)7-14(18-11)8-16-15(2,3)4/h7,12,16H,5-6,8-10H2,1-4H3. The second-order valence-corrected chi connectivity index (χ2v) is 7.70. The van der Waals surface area contributed by atoms with Crippen LogP contribution >= 0.6 is 11.3 Å². The third-order valence-electron chi connectivity index (χ3n) is 3.17. The van der Waals surface area contributed by atoms with E-state index in [1.54, 1.807) is 0 Å². The second kappa shape index (κ2) is 5.72. The molecule has 1 heterocycles. The van der Waals surface area contributed by atoms with Crippen LogP contribution in [0.25, 0.3) is 0 Å². The van der Waals surface area contributed by atoms with Gasteiger partial charge in [-0.2, -0.15) is 0 Å². The van der Waals surface area contributed by atoms with Crippen molar-refractivity contribution in [1.82, 2.24) is 5.32 Å². The van der Waals surface area contributed by atoms with E-state index in [9.17, 15) is 0 Å². The molecule has 1 fully saturated rings. The topological polar surface area (TPSA) is 21.3 Å². The highest BCUT2D eigenvalue weighted by Crippen LogP contribution is 2.29. The van der Waals surface area contributed by atoms with E-state index < -0.39 is 0 Å². The van der Waals surface area contributed by atoms with E-state index in [1.807, 2.05) is 11.3 Å². The Bertz CT molecular complexity index is 388. The fourth-order valence-corrected chi connectivity index (χ4v) is 2.78. The molecule has 2 nitrogen and oxygen atoms in total. The number of hydrogen-bond donors (Lipinski definition) is 1. The molecule has 1 saturated carbocycles. The highest BCUT2D eigenvalue weighted by Gasteiger charge is 2.21. The molecule has 0 bridgehead atoms. The lowest BCUT2D eigenvalue weighted by atomic mass is 10.1. The Morgan fingerprint density at radius 2 is 2.11 bits per heavy atom. The molecule has 0 aliphatic heterocycles. The number of ether oxygens (including phenoxy) is 1. The zero-order valence-electron chi connectivity index (χ0n) is 12.0. The van der Waals surface area contributed by atoms with Gasteiger partial charge < -0.3 is 10.1 Å². The Hall–Kier alpha value is -0.380. The zero-order chi connectivity index (χ0) is 13.2. The van der Waals surface area contributed by atoms with Crippen LogP contribution in [0.3, 0.4) is 0 Å². The highest BCUT2D eigenvalue weighted by atomic mass is 32.1. The fraction of sp³-hybridized carbons (Fsp3) is 0.733. The summed E-state index contributed by atoms with van der Waals surface area (Å²) >= 11 is 1.89. The Kier molecular flexibility index (Phi) is 4.46. The Morgan fingerprint density at radius 3 is 2.72 bits per heavy atom. The molecule has 1 N–H and O–H groups in total. The second-order valence-electron chi connectivity index (χ2n) is 6.36. The normalized spacial score (nSPS) is 16.2. The van der Waals surface area contributed by atoms with Gasteiger partial charge in [0.1, 0.15) is 0 Å². The largest absolute Gasteiger partial charge is 0.376 e. The number of aryl methyl sites for hydroxylation is 1. The van der Waals surface area contributed by atoms with Crippen molar-refractivity contribution in [2.24, 2.45) is 5.92 Å². The smallest absolute Gasteiger partial charge is 0.0727 e. The van der Waals surface area contributed by atoms with Crippen molar-refractivity contribution in [2.75, 3.05) is 6.61 Å². The summed E-state index contributed by atoms with van der Waals surface area (Å²) in [7, 11) is 0. The molecule has 2 rings (SSSR count). The number of hydrogen-bond acceptors (Lipinski definition) is 3. The number of nitrogens with one attached hydrogen (secondary N) is 1. The van der Waals surface area contributed by atoms with Gasteiger partial charge in [0.05, 0.1) is 6.61 Å². The first-order valence-corrected chi connectivity index (χ1v) is 7.66. The molecule has 0 unspecified atom stereocenters. The third-order valence-corrected chi connectivity index (χ3v) is 4.27. The quantitative estimate of drug-likeness (QED) is 0.845. The maximum absolute atomic E-state index is 5.77. The molecular weight excluding hydrogens is 242 g/mol. The minimum Gasteiger partial charge on any atom is -0.376 e. The Morgan fingerprint density at radius 1 is 1.39 bits per heavy atom. The molecule has 0 radical (unpaired) electrons. The van der Waals surface area contributed by atoms with Gasteiger partial charge in [-0.15, -0.1) is 11.3 Å². The fourth-order valence-electron chi connectivity index (χ4n) is 1.79. The lowest BCUT2D eigenvalue weighted by Crippen LogP contribution is -2.34. The van der Waals surface area contributed by atoms with E-state index in [1.165, 1.54) is 28.2 Å². The highest BCUT2D eigenvalue weighted by molar-refractivity contribution is 7.12.